The molecule has 2 heterocycles. The van der Waals surface area contributed by atoms with Crippen LogP contribution in [0.3, 0.4) is 0 Å². The van der Waals surface area contributed by atoms with Crippen molar-refractivity contribution in [1.82, 2.24) is 15.6 Å². The minimum absolute atomic E-state index is 0.0647. The zero-order valence-corrected chi connectivity index (χ0v) is 14.2. The molecular formula is C17H16N4S2. The van der Waals surface area contributed by atoms with E-state index in [-0.39, 0.29) is 11.7 Å². The van der Waals surface area contributed by atoms with Gasteiger partial charge in [-0.05, 0) is 49.1 Å². The molecule has 2 fully saturated rings. The highest BCUT2D eigenvalue weighted by Gasteiger charge is 2.54. The summed E-state index contributed by atoms with van der Waals surface area (Å²) in [5.74, 6) is 0. The van der Waals surface area contributed by atoms with Gasteiger partial charge < -0.3 is 10.6 Å². The second-order valence-corrected chi connectivity index (χ2v) is 6.62. The highest BCUT2D eigenvalue weighted by molar-refractivity contribution is 7.81. The van der Waals surface area contributed by atoms with Crippen LogP contribution in [0.5, 0.6) is 0 Å². The van der Waals surface area contributed by atoms with E-state index in [1.165, 1.54) is 5.56 Å². The molecule has 2 aromatic rings. The number of fused-ring (bicyclic) bond motifs is 1. The van der Waals surface area contributed by atoms with Crippen molar-refractivity contribution in [1.29, 1.82) is 0 Å². The van der Waals surface area contributed by atoms with Crippen molar-refractivity contribution in [3.8, 4) is 0 Å². The number of hydrogen-bond donors (Lipinski definition) is 2. The van der Waals surface area contributed by atoms with E-state index in [9.17, 15) is 0 Å². The predicted octanol–water partition coefficient (Wildman–Crippen LogP) is 2.73. The van der Waals surface area contributed by atoms with Gasteiger partial charge >= 0.3 is 0 Å². The van der Waals surface area contributed by atoms with Gasteiger partial charge in [0.2, 0.25) is 0 Å². The summed E-state index contributed by atoms with van der Waals surface area (Å²) < 4.78 is 0. The maximum atomic E-state index is 5.61. The van der Waals surface area contributed by atoms with E-state index in [4.69, 9.17) is 24.4 Å². The van der Waals surface area contributed by atoms with Gasteiger partial charge in [0, 0.05) is 0 Å². The van der Waals surface area contributed by atoms with Crippen LogP contribution in [0.15, 0.2) is 60.7 Å². The Labute approximate surface area is 146 Å². The number of para-hydroxylation sites is 1. The smallest absolute Gasteiger partial charge is 0.194 e. The summed E-state index contributed by atoms with van der Waals surface area (Å²) in [6.45, 7) is 2.14. The van der Waals surface area contributed by atoms with E-state index in [0.29, 0.717) is 10.2 Å². The maximum Gasteiger partial charge on any atom is 0.194 e. The molecule has 0 spiro atoms. The number of anilines is 1. The van der Waals surface area contributed by atoms with Crippen LogP contribution in [0.2, 0.25) is 0 Å². The van der Waals surface area contributed by atoms with Crippen molar-refractivity contribution >= 4 is 40.3 Å². The zero-order chi connectivity index (χ0) is 16.0. The average Bonchev–Trinajstić information content (AvgIpc) is 3.05. The van der Waals surface area contributed by atoms with Gasteiger partial charge in [-0.1, -0.05) is 48.5 Å². The van der Waals surface area contributed by atoms with E-state index in [1.807, 2.05) is 58.5 Å². The number of nitrogens with zero attached hydrogens (tertiary/aromatic N) is 2. The summed E-state index contributed by atoms with van der Waals surface area (Å²) in [7, 11) is 0. The van der Waals surface area contributed by atoms with Gasteiger partial charge in [0.05, 0.1) is 5.69 Å². The Morgan fingerprint density at radius 3 is 2.17 bits per heavy atom. The van der Waals surface area contributed by atoms with E-state index in [2.05, 4.69) is 29.7 Å². The molecule has 0 bridgehead atoms. The van der Waals surface area contributed by atoms with Crippen molar-refractivity contribution in [2.75, 3.05) is 5.01 Å². The molecule has 2 aliphatic heterocycles. The minimum Gasteiger partial charge on any atom is -0.348 e. The van der Waals surface area contributed by atoms with Gasteiger partial charge in [-0.2, -0.15) is 0 Å². The first kappa shape index (κ1) is 14.4. The second kappa shape index (κ2) is 5.18. The SMILES string of the molecule is C[C@]1(c2ccccc2)NC(=S)N2[C@@H]1NC(=S)N2c1ccccc1. The molecule has 0 radical (unpaired) electrons. The molecule has 2 aliphatic rings. The summed E-state index contributed by atoms with van der Waals surface area (Å²) in [6.07, 6.45) is -0.0647. The lowest BCUT2D eigenvalue weighted by Crippen LogP contribution is -2.49. The van der Waals surface area contributed by atoms with Crippen LogP contribution in [0, 0.1) is 0 Å². The first-order valence-electron chi connectivity index (χ1n) is 7.44. The number of hydrogen-bond acceptors (Lipinski definition) is 2. The van der Waals surface area contributed by atoms with Crippen LogP contribution < -0.4 is 15.6 Å². The Morgan fingerprint density at radius 1 is 0.913 bits per heavy atom. The first-order chi connectivity index (χ1) is 11.1. The fourth-order valence-electron chi connectivity index (χ4n) is 3.22. The molecule has 4 rings (SSSR count). The molecule has 0 amide bonds. The molecule has 2 N–H and O–H groups in total. The second-order valence-electron chi connectivity index (χ2n) is 5.84. The number of benzene rings is 2. The van der Waals surface area contributed by atoms with E-state index in [1.54, 1.807) is 0 Å². The van der Waals surface area contributed by atoms with Crippen molar-refractivity contribution in [3.63, 3.8) is 0 Å². The minimum atomic E-state index is -0.355. The lowest BCUT2D eigenvalue weighted by Gasteiger charge is -2.30. The number of thiocarbonyl (C=S) groups is 2. The van der Waals surface area contributed by atoms with Crippen molar-refractivity contribution in [2.24, 2.45) is 0 Å². The fraction of sp³-hybridized carbons (Fsp3) is 0.176. The molecule has 0 saturated carbocycles. The number of rotatable bonds is 2. The summed E-state index contributed by atoms with van der Waals surface area (Å²) in [4.78, 5) is 0. The Bertz CT molecular complexity index is 765. The van der Waals surface area contributed by atoms with E-state index in [0.717, 1.165) is 5.69 Å². The standard InChI is InChI=1S/C17H16N4S2/c1-17(12-8-4-2-5-9-12)14-18-15(22)20(21(14)16(23)19-17)13-10-6-3-7-11-13/h2-11,14H,1H3,(H,18,22)(H,19,23)/t14-,17+/m0/s1. The van der Waals surface area contributed by atoms with E-state index >= 15 is 0 Å². The maximum absolute atomic E-state index is 5.61. The highest BCUT2D eigenvalue weighted by atomic mass is 32.1. The molecule has 6 heteroatoms. The Balaban J connectivity index is 1.77. The Hall–Kier alpha value is -2.18. The van der Waals surface area contributed by atoms with Gasteiger partial charge in [0.1, 0.15) is 5.54 Å². The van der Waals surface area contributed by atoms with Crippen LogP contribution in [0.4, 0.5) is 5.69 Å². The lowest BCUT2D eigenvalue weighted by molar-refractivity contribution is 0.264. The monoisotopic (exact) mass is 340 g/mol. The predicted molar refractivity (Wildman–Crippen MR) is 99.8 cm³/mol. The van der Waals surface area contributed by atoms with Crippen LogP contribution in [-0.4, -0.2) is 21.4 Å². The third-order valence-electron chi connectivity index (χ3n) is 4.41. The Kier molecular flexibility index (Phi) is 3.25. The molecule has 23 heavy (non-hydrogen) atoms. The highest BCUT2D eigenvalue weighted by Crippen LogP contribution is 2.37. The van der Waals surface area contributed by atoms with Crippen molar-refractivity contribution in [3.05, 3.63) is 66.2 Å². The zero-order valence-electron chi connectivity index (χ0n) is 12.6. The molecule has 116 valence electrons. The molecule has 0 aromatic heterocycles. The number of nitrogens with one attached hydrogen (secondary N) is 2. The lowest BCUT2D eigenvalue weighted by atomic mass is 9.90. The van der Waals surface area contributed by atoms with Crippen LogP contribution in [0.25, 0.3) is 0 Å². The normalized spacial score (nSPS) is 26.0. The largest absolute Gasteiger partial charge is 0.348 e. The van der Waals surface area contributed by atoms with Crippen LogP contribution in [-0.2, 0) is 5.54 Å². The quantitative estimate of drug-likeness (QED) is 0.818. The van der Waals surface area contributed by atoms with Gasteiger partial charge in [-0.15, -0.1) is 0 Å². The van der Waals surface area contributed by atoms with E-state index < -0.39 is 0 Å². The average molecular weight is 340 g/mol. The van der Waals surface area contributed by atoms with Gasteiger partial charge in [0.15, 0.2) is 16.4 Å². The third-order valence-corrected chi connectivity index (χ3v) is 4.99. The van der Waals surface area contributed by atoms with Gasteiger partial charge in [-0.25, -0.2) is 10.0 Å². The summed E-state index contributed by atoms with van der Waals surface area (Å²) in [6, 6.07) is 20.3. The van der Waals surface area contributed by atoms with Gasteiger partial charge in [-0.3, -0.25) is 0 Å². The van der Waals surface area contributed by atoms with Gasteiger partial charge in [0.25, 0.3) is 0 Å². The first-order valence-corrected chi connectivity index (χ1v) is 8.25. The summed E-state index contributed by atoms with van der Waals surface area (Å²) in [5, 5.41) is 12.2. The molecule has 0 aliphatic carbocycles. The third kappa shape index (κ3) is 2.09. The Morgan fingerprint density at radius 2 is 1.52 bits per heavy atom. The van der Waals surface area contributed by atoms with Crippen LogP contribution >= 0.6 is 24.4 Å². The molecule has 2 atom stereocenters. The molecule has 0 unspecified atom stereocenters. The molecular weight excluding hydrogens is 324 g/mol. The fourth-order valence-corrected chi connectivity index (χ4v) is 3.93. The number of hydrazine groups is 1. The van der Waals surface area contributed by atoms with Crippen LogP contribution in [0.1, 0.15) is 12.5 Å². The molecule has 4 nitrogen and oxygen atoms in total. The van der Waals surface area contributed by atoms with Crippen molar-refractivity contribution < 1.29 is 0 Å². The topological polar surface area (TPSA) is 30.5 Å². The molecule has 2 saturated heterocycles. The summed E-state index contributed by atoms with van der Waals surface area (Å²) >= 11 is 11.2. The van der Waals surface area contributed by atoms with Crippen molar-refractivity contribution in [2.45, 2.75) is 18.6 Å². The summed E-state index contributed by atoms with van der Waals surface area (Å²) in [5.41, 5.74) is 1.81. The molecule has 2 aromatic carbocycles.